The molecule has 5 nitrogen and oxygen atoms in total. The van der Waals surface area contributed by atoms with E-state index in [1.807, 2.05) is 5.38 Å². The van der Waals surface area contributed by atoms with Crippen LogP contribution in [0.5, 0.6) is 0 Å². The Labute approximate surface area is 143 Å². The minimum atomic E-state index is -0.174. The number of amides is 1. The molecule has 0 radical (unpaired) electrons. The van der Waals surface area contributed by atoms with Crippen LogP contribution in [0.3, 0.4) is 0 Å². The Kier molecular flexibility index (Phi) is 6.29. The molecule has 0 bridgehead atoms. The molecule has 0 aliphatic heterocycles. The number of rotatable bonds is 7. The largest absolute Gasteiger partial charge is 0.469 e. The van der Waals surface area contributed by atoms with Gasteiger partial charge in [0.25, 0.3) is 0 Å². The van der Waals surface area contributed by atoms with Gasteiger partial charge in [0.2, 0.25) is 5.91 Å². The maximum atomic E-state index is 11.2. The molecular weight excluding hydrogens is 332 g/mol. The van der Waals surface area contributed by atoms with E-state index in [4.69, 9.17) is 0 Å². The minimum absolute atomic E-state index is 0.102. The van der Waals surface area contributed by atoms with E-state index in [1.54, 1.807) is 11.3 Å². The van der Waals surface area contributed by atoms with Gasteiger partial charge in [-0.1, -0.05) is 0 Å². The number of thiazole rings is 1. The Morgan fingerprint density at radius 2 is 2.09 bits per heavy atom. The lowest BCUT2D eigenvalue weighted by Crippen LogP contribution is -2.05. The molecule has 1 N–H and O–H groups in total. The highest BCUT2D eigenvalue weighted by Crippen LogP contribution is 2.25. The van der Waals surface area contributed by atoms with Crippen LogP contribution >= 0.6 is 22.7 Å². The molecule has 7 heteroatoms. The number of hydrogen-bond acceptors (Lipinski definition) is 6. The zero-order chi connectivity index (χ0) is 16.8. The van der Waals surface area contributed by atoms with Crippen molar-refractivity contribution in [2.24, 2.45) is 0 Å². The molecule has 0 fully saturated rings. The molecule has 0 atom stereocenters. The van der Waals surface area contributed by atoms with Crippen LogP contribution in [0.2, 0.25) is 0 Å². The van der Waals surface area contributed by atoms with Gasteiger partial charge < -0.3 is 10.1 Å². The van der Waals surface area contributed by atoms with Gasteiger partial charge in [-0.2, -0.15) is 0 Å². The molecule has 2 aromatic rings. The number of anilines is 1. The highest BCUT2D eigenvalue weighted by Gasteiger charge is 2.10. The lowest BCUT2D eigenvalue weighted by Gasteiger charge is -1.98. The summed E-state index contributed by atoms with van der Waals surface area (Å²) in [6, 6.07) is 2.18. The molecule has 23 heavy (non-hydrogen) atoms. The minimum Gasteiger partial charge on any atom is -0.469 e. The third-order valence-corrected chi connectivity index (χ3v) is 5.48. The van der Waals surface area contributed by atoms with E-state index in [1.165, 1.54) is 40.7 Å². The zero-order valence-corrected chi connectivity index (χ0v) is 15.1. The van der Waals surface area contributed by atoms with Gasteiger partial charge in [0.05, 0.1) is 19.2 Å². The fourth-order valence-corrected chi connectivity index (χ4v) is 4.13. The van der Waals surface area contributed by atoms with Gasteiger partial charge in [0.15, 0.2) is 5.13 Å². The number of hydrogen-bond donors (Lipinski definition) is 1. The number of thiophene rings is 1. The quantitative estimate of drug-likeness (QED) is 0.776. The van der Waals surface area contributed by atoms with Gasteiger partial charge in [-0.05, 0) is 37.8 Å². The van der Waals surface area contributed by atoms with Crippen molar-refractivity contribution in [3.63, 3.8) is 0 Å². The van der Waals surface area contributed by atoms with E-state index >= 15 is 0 Å². The number of nitrogens with zero attached hydrogens (tertiary/aromatic N) is 1. The summed E-state index contributed by atoms with van der Waals surface area (Å²) in [5.74, 6) is -0.276. The third kappa shape index (κ3) is 5.44. The second kappa shape index (κ2) is 8.21. The number of methoxy groups -OCH3 is 1. The van der Waals surface area contributed by atoms with Crippen molar-refractivity contribution < 1.29 is 14.3 Å². The molecule has 0 aromatic carbocycles. The van der Waals surface area contributed by atoms with Crippen molar-refractivity contribution in [2.45, 2.75) is 39.5 Å². The summed E-state index contributed by atoms with van der Waals surface area (Å²) in [7, 11) is 1.41. The first-order valence-electron chi connectivity index (χ1n) is 7.35. The van der Waals surface area contributed by atoms with Crippen LogP contribution in [0.15, 0.2) is 11.4 Å². The number of carbonyl (C=O) groups excluding carboxylic acids is 2. The van der Waals surface area contributed by atoms with Gasteiger partial charge in [-0.25, -0.2) is 4.98 Å². The first kappa shape index (κ1) is 17.6. The summed E-state index contributed by atoms with van der Waals surface area (Å²) in [5.41, 5.74) is 2.21. The number of carbonyl (C=O) groups is 2. The monoisotopic (exact) mass is 352 g/mol. The topological polar surface area (TPSA) is 68.3 Å². The predicted octanol–water partition coefficient (Wildman–Crippen LogP) is 3.36. The van der Waals surface area contributed by atoms with Crippen LogP contribution in [-0.4, -0.2) is 24.0 Å². The van der Waals surface area contributed by atoms with Crippen molar-refractivity contribution in [1.82, 2.24) is 4.98 Å². The molecular formula is C16H20N2O3S2. The summed E-state index contributed by atoms with van der Waals surface area (Å²) >= 11 is 3.19. The van der Waals surface area contributed by atoms with Crippen molar-refractivity contribution in [1.29, 1.82) is 0 Å². The van der Waals surface area contributed by atoms with Crippen molar-refractivity contribution in [3.05, 3.63) is 32.5 Å². The predicted molar refractivity (Wildman–Crippen MR) is 93.2 cm³/mol. The number of nitrogens with one attached hydrogen (secondary N) is 1. The lowest BCUT2D eigenvalue weighted by molar-refractivity contribution is -0.140. The van der Waals surface area contributed by atoms with E-state index in [9.17, 15) is 9.59 Å². The van der Waals surface area contributed by atoms with Crippen molar-refractivity contribution in [2.75, 3.05) is 12.4 Å². The van der Waals surface area contributed by atoms with Crippen molar-refractivity contribution >= 4 is 39.7 Å². The molecule has 2 aromatic heterocycles. The maximum Gasteiger partial charge on any atom is 0.305 e. The van der Waals surface area contributed by atoms with Gasteiger partial charge in [0, 0.05) is 22.1 Å². The summed E-state index contributed by atoms with van der Waals surface area (Å²) in [6.07, 6.45) is 2.90. The molecule has 124 valence electrons. The highest BCUT2D eigenvalue weighted by atomic mass is 32.1. The fourth-order valence-electron chi connectivity index (χ4n) is 2.16. The van der Waals surface area contributed by atoms with E-state index in [2.05, 4.69) is 28.0 Å². The van der Waals surface area contributed by atoms with Gasteiger partial charge in [-0.3, -0.25) is 9.59 Å². The Balaban J connectivity index is 1.89. The average molecular weight is 352 g/mol. The third-order valence-electron chi connectivity index (χ3n) is 3.32. The summed E-state index contributed by atoms with van der Waals surface area (Å²) < 4.78 is 4.68. The average Bonchev–Trinajstić information content (AvgIpc) is 3.08. The maximum absolute atomic E-state index is 11.2. The van der Waals surface area contributed by atoms with E-state index in [0.29, 0.717) is 11.6 Å². The first-order valence-corrected chi connectivity index (χ1v) is 9.04. The molecule has 1 amide bonds. The molecule has 0 spiro atoms. The van der Waals surface area contributed by atoms with Gasteiger partial charge >= 0.3 is 5.97 Å². The smallest absolute Gasteiger partial charge is 0.305 e. The second-order valence-electron chi connectivity index (χ2n) is 5.22. The Bertz CT molecular complexity index is 691. The summed E-state index contributed by atoms with van der Waals surface area (Å²) in [5, 5.41) is 5.32. The van der Waals surface area contributed by atoms with Crippen LogP contribution in [-0.2, 0) is 33.6 Å². The summed E-state index contributed by atoms with van der Waals surface area (Å²) in [6.45, 7) is 3.55. The Morgan fingerprint density at radius 1 is 1.30 bits per heavy atom. The number of aryl methyl sites for hydroxylation is 4. The van der Waals surface area contributed by atoms with Gasteiger partial charge in [0.1, 0.15) is 0 Å². The molecule has 0 unspecified atom stereocenters. The number of aromatic nitrogens is 1. The fraction of sp³-hybridized carbons (Fsp3) is 0.438. The van der Waals surface area contributed by atoms with E-state index < -0.39 is 0 Å². The Hall–Kier alpha value is -1.73. The lowest BCUT2D eigenvalue weighted by atomic mass is 10.1. The molecule has 0 saturated carbocycles. The molecule has 0 saturated heterocycles. The number of esters is 1. The highest BCUT2D eigenvalue weighted by molar-refractivity contribution is 7.14. The van der Waals surface area contributed by atoms with Crippen LogP contribution in [0.1, 0.15) is 34.4 Å². The van der Waals surface area contributed by atoms with Crippen LogP contribution in [0, 0.1) is 6.92 Å². The van der Waals surface area contributed by atoms with Crippen molar-refractivity contribution in [3.8, 4) is 0 Å². The number of ether oxygens (including phenoxy) is 1. The SMILES string of the molecule is COC(=O)CCc1sc(CCc2csc(NC(C)=O)n2)cc1C. The summed E-state index contributed by atoms with van der Waals surface area (Å²) in [4.78, 5) is 29.2. The van der Waals surface area contributed by atoms with Gasteiger partial charge in [-0.15, -0.1) is 22.7 Å². The first-order chi connectivity index (χ1) is 11.0. The standard InChI is InChI=1S/C16H20N2O3S2/c1-10-8-13(23-14(10)6-7-15(20)21-3)5-4-12-9-22-16(18-12)17-11(2)19/h8-9H,4-7H2,1-3H3,(H,17,18,19). The Morgan fingerprint density at radius 3 is 2.78 bits per heavy atom. The molecule has 2 rings (SSSR count). The van der Waals surface area contributed by atoms with Crippen LogP contribution in [0.4, 0.5) is 5.13 Å². The second-order valence-corrected chi connectivity index (χ2v) is 7.30. The zero-order valence-electron chi connectivity index (χ0n) is 13.5. The normalized spacial score (nSPS) is 10.6. The van der Waals surface area contributed by atoms with Crippen LogP contribution in [0.25, 0.3) is 0 Å². The van der Waals surface area contributed by atoms with Crippen LogP contribution < -0.4 is 5.32 Å². The van der Waals surface area contributed by atoms with E-state index in [0.717, 1.165) is 25.0 Å². The molecule has 2 heterocycles. The molecule has 0 aliphatic rings. The van der Waals surface area contributed by atoms with E-state index in [-0.39, 0.29) is 11.9 Å². The molecule has 0 aliphatic carbocycles.